The second-order valence-corrected chi connectivity index (χ2v) is 5.09. The molecule has 96 valence electrons. The lowest BCUT2D eigenvalue weighted by atomic mass is 9.89. The first kappa shape index (κ1) is 12.6. The number of aliphatic imine (C=N–C) groups is 1. The van der Waals surface area contributed by atoms with Crippen molar-refractivity contribution in [1.82, 2.24) is 10.6 Å². The second-order valence-electron chi connectivity index (χ2n) is 5.09. The summed E-state index contributed by atoms with van der Waals surface area (Å²) in [6, 6.07) is 8.04. The van der Waals surface area contributed by atoms with Gasteiger partial charge in [-0.2, -0.15) is 0 Å². The zero-order chi connectivity index (χ0) is 13.3. The number of nitrogens with one attached hydrogen (secondary N) is 2. The van der Waals surface area contributed by atoms with Gasteiger partial charge < -0.3 is 5.32 Å². The van der Waals surface area contributed by atoms with Crippen LogP contribution in [-0.2, 0) is 10.3 Å². The highest BCUT2D eigenvalue weighted by atomic mass is 16.2. The fourth-order valence-electron chi connectivity index (χ4n) is 2.20. The molecule has 1 aliphatic rings. The van der Waals surface area contributed by atoms with Crippen molar-refractivity contribution in [2.75, 3.05) is 0 Å². The molecule has 4 nitrogen and oxygen atoms in total. The number of hydrogen-bond donors (Lipinski definition) is 2. The molecule has 2 rings (SSSR count). The molecule has 1 fully saturated rings. The molecule has 1 heterocycles. The monoisotopic (exact) mass is 245 g/mol. The summed E-state index contributed by atoms with van der Waals surface area (Å²) in [6.45, 7) is 7.84. The number of hydrogen-bond acceptors (Lipinski definition) is 2. The smallest absolute Gasteiger partial charge is 0.256 e. The SMILES string of the molecule is Cc1ccccc1C1(C)NC(=NC(C)C)NC1=O. The van der Waals surface area contributed by atoms with Gasteiger partial charge in [0.15, 0.2) is 5.96 Å². The first-order valence-electron chi connectivity index (χ1n) is 6.17. The molecule has 0 saturated carbocycles. The fraction of sp³-hybridized carbons (Fsp3) is 0.429. The van der Waals surface area contributed by atoms with E-state index in [2.05, 4.69) is 15.6 Å². The van der Waals surface area contributed by atoms with Crippen molar-refractivity contribution in [3.8, 4) is 0 Å². The van der Waals surface area contributed by atoms with Crippen LogP contribution in [0.15, 0.2) is 29.3 Å². The zero-order valence-corrected chi connectivity index (χ0v) is 11.2. The van der Waals surface area contributed by atoms with Gasteiger partial charge in [-0.15, -0.1) is 0 Å². The summed E-state index contributed by atoms with van der Waals surface area (Å²) in [5, 5.41) is 6.00. The molecule has 1 aromatic carbocycles. The third-order valence-corrected chi connectivity index (χ3v) is 3.13. The van der Waals surface area contributed by atoms with E-state index in [0.717, 1.165) is 11.1 Å². The van der Waals surface area contributed by atoms with Crippen LogP contribution in [0.3, 0.4) is 0 Å². The van der Waals surface area contributed by atoms with Crippen LogP contribution in [0.4, 0.5) is 0 Å². The van der Waals surface area contributed by atoms with Crippen LogP contribution in [0.25, 0.3) is 0 Å². The largest absolute Gasteiger partial charge is 0.338 e. The van der Waals surface area contributed by atoms with E-state index < -0.39 is 5.54 Å². The van der Waals surface area contributed by atoms with E-state index in [1.807, 2.05) is 52.0 Å². The average Bonchev–Trinajstić information content (AvgIpc) is 2.54. The molecule has 1 unspecified atom stereocenters. The van der Waals surface area contributed by atoms with Crippen LogP contribution >= 0.6 is 0 Å². The lowest BCUT2D eigenvalue weighted by Gasteiger charge is -2.23. The van der Waals surface area contributed by atoms with Gasteiger partial charge in [-0.05, 0) is 38.8 Å². The van der Waals surface area contributed by atoms with E-state index in [-0.39, 0.29) is 11.9 Å². The minimum absolute atomic E-state index is 0.0591. The molecule has 4 heteroatoms. The van der Waals surface area contributed by atoms with Crippen LogP contribution < -0.4 is 10.6 Å². The first-order valence-corrected chi connectivity index (χ1v) is 6.17. The van der Waals surface area contributed by atoms with Gasteiger partial charge >= 0.3 is 0 Å². The maximum atomic E-state index is 12.2. The molecule has 0 aliphatic carbocycles. The van der Waals surface area contributed by atoms with Crippen molar-refractivity contribution in [3.05, 3.63) is 35.4 Å². The Morgan fingerprint density at radius 2 is 1.94 bits per heavy atom. The van der Waals surface area contributed by atoms with Crippen LogP contribution in [0, 0.1) is 6.92 Å². The number of carbonyl (C=O) groups is 1. The molecule has 1 aliphatic heterocycles. The lowest BCUT2D eigenvalue weighted by Crippen LogP contribution is -2.41. The van der Waals surface area contributed by atoms with Crippen LogP contribution in [0.5, 0.6) is 0 Å². The fourth-order valence-corrected chi connectivity index (χ4v) is 2.20. The summed E-state index contributed by atoms with van der Waals surface area (Å²) in [7, 11) is 0. The van der Waals surface area contributed by atoms with Crippen molar-refractivity contribution in [2.45, 2.75) is 39.3 Å². The lowest BCUT2D eigenvalue weighted by molar-refractivity contribution is -0.123. The summed E-state index contributed by atoms with van der Waals surface area (Å²) in [5.74, 6) is 0.497. The topological polar surface area (TPSA) is 53.5 Å². The van der Waals surface area contributed by atoms with Crippen LogP contribution in [0.1, 0.15) is 31.9 Å². The standard InChI is InChI=1S/C14H19N3O/c1-9(2)15-13-16-12(18)14(4,17-13)11-8-6-5-7-10(11)3/h5-9H,1-4H3,(H2,15,16,17,18). The van der Waals surface area contributed by atoms with E-state index in [9.17, 15) is 4.79 Å². The van der Waals surface area contributed by atoms with Gasteiger partial charge in [0.25, 0.3) is 5.91 Å². The number of benzene rings is 1. The van der Waals surface area contributed by atoms with Gasteiger partial charge in [0.1, 0.15) is 5.54 Å². The van der Waals surface area contributed by atoms with Crippen molar-refractivity contribution in [3.63, 3.8) is 0 Å². The minimum Gasteiger partial charge on any atom is -0.338 e. The van der Waals surface area contributed by atoms with Gasteiger partial charge in [0.2, 0.25) is 0 Å². The van der Waals surface area contributed by atoms with E-state index in [0.29, 0.717) is 5.96 Å². The van der Waals surface area contributed by atoms with Crippen molar-refractivity contribution >= 4 is 11.9 Å². The van der Waals surface area contributed by atoms with Gasteiger partial charge in [0, 0.05) is 6.04 Å². The Kier molecular flexibility index (Phi) is 3.11. The number of nitrogens with zero attached hydrogens (tertiary/aromatic N) is 1. The summed E-state index contributed by atoms with van der Waals surface area (Å²) in [5.41, 5.74) is 1.34. The molecular formula is C14H19N3O. The second kappa shape index (κ2) is 4.44. The first-order chi connectivity index (χ1) is 8.43. The third kappa shape index (κ3) is 2.10. The molecule has 0 radical (unpaired) electrons. The molecule has 0 bridgehead atoms. The number of rotatable bonds is 2. The highest BCUT2D eigenvalue weighted by Crippen LogP contribution is 2.26. The number of aryl methyl sites for hydroxylation is 1. The Bertz CT molecular complexity index is 508. The van der Waals surface area contributed by atoms with Gasteiger partial charge in [-0.25, -0.2) is 0 Å². The Morgan fingerprint density at radius 1 is 1.28 bits per heavy atom. The molecule has 18 heavy (non-hydrogen) atoms. The molecule has 1 atom stereocenters. The van der Waals surface area contributed by atoms with Crippen LogP contribution in [0.2, 0.25) is 0 Å². The molecule has 0 aromatic heterocycles. The summed E-state index contributed by atoms with van der Waals surface area (Å²) < 4.78 is 0. The van der Waals surface area contributed by atoms with Crippen molar-refractivity contribution in [1.29, 1.82) is 0 Å². The van der Waals surface area contributed by atoms with Crippen LogP contribution in [-0.4, -0.2) is 17.9 Å². The third-order valence-electron chi connectivity index (χ3n) is 3.13. The number of carbonyl (C=O) groups excluding carboxylic acids is 1. The van der Waals surface area contributed by atoms with E-state index in [1.165, 1.54) is 0 Å². The highest BCUT2D eigenvalue weighted by Gasteiger charge is 2.43. The normalized spacial score (nSPS) is 25.4. The Balaban J connectivity index is 2.39. The minimum atomic E-state index is -0.737. The van der Waals surface area contributed by atoms with Crippen molar-refractivity contribution < 1.29 is 4.79 Å². The van der Waals surface area contributed by atoms with E-state index in [1.54, 1.807) is 0 Å². The zero-order valence-electron chi connectivity index (χ0n) is 11.2. The molecule has 1 aromatic rings. The number of amides is 1. The summed E-state index contributed by atoms with van der Waals surface area (Å²) >= 11 is 0. The molecule has 2 N–H and O–H groups in total. The quantitative estimate of drug-likeness (QED) is 0.833. The Labute approximate surface area is 108 Å². The maximum Gasteiger partial charge on any atom is 0.256 e. The van der Waals surface area contributed by atoms with Crippen molar-refractivity contribution in [2.24, 2.45) is 4.99 Å². The van der Waals surface area contributed by atoms with Gasteiger partial charge in [-0.3, -0.25) is 15.1 Å². The predicted molar refractivity (Wildman–Crippen MR) is 72.4 cm³/mol. The van der Waals surface area contributed by atoms with Gasteiger partial charge in [0.05, 0.1) is 0 Å². The average molecular weight is 245 g/mol. The molecular weight excluding hydrogens is 226 g/mol. The summed E-state index contributed by atoms with van der Waals surface area (Å²) in [6.07, 6.45) is 0. The Morgan fingerprint density at radius 3 is 2.56 bits per heavy atom. The summed E-state index contributed by atoms with van der Waals surface area (Å²) in [4.78, 5) is 16.5. The molecule has 0 spiro atoms. The molecule has 1 amide bonds. The van der Waals surface area contributed by atoms with Gasteiger partial charge in [-0.1, -0.05) is 24.3 Å². The molecule has 1 saturated heterocycles. The predicted octanol–water partition coefficient (Wildman–Crippen LogP) is 1.69. The highest BCUT2D eigenvalue weighted by molar-refractivity contribution is 6.09. The van der Waals surface area contributed by atoms with E-state index >= 15 is 0 Å². The Hall–Kier alpha value is -1.84. The maximum absolute atomic E-state index is 12.2. The van der Waals surface area contributed by atoms with E-state index in [4.69, 9.17) is 0 Å². The number of guanidine groups is 1.